The summed E-state index contributed by atoms with van der Waals surface area (Å²) in [5.41, 5.74) is 4.69. The summed E-state index contributed by atoms with van der Waals surface area (Å²) >= 11 is 0. The van der Waals surface area contributed by atoms with E-state index in [1.54, 1.807) is 25.7 Å². The van der Waals surface area contributed by atoms with Crippen LogP contribution >= 0.6 is 0 Å². The standard InChI is InChI=1S/C18H15N5O/c1-12-10-13(6-8-19-12)17-16(14-4-5-15(24-2)21-11-14)22-18-20-7-3-9-23(17)18/h3-11H,1-2H3. The van der Waals surface area contributed by atoms with Crippen LogP contribution in [0.2, 0.25) is 0 Å². The van der Waals surface area contributed by atoms with Gasteiger partial charge in [0.1, 0.15) is 5.69 Å². The van der Waals surface area contributed by atoms with E-state index in [2.05, 4.69) is 15.0 Å². The lowest BCUT2D eigenvalue weighted by Gasteiger charge is -2.06. The summed E-state index contributed by atoms with van der Waals surface area (Å²) in [6.45, 7) is 1.97. The third-order valence-corrected chi connectivity index (χ3v) is 3.79. The van der Waals surface area contributed by atoms with E-state index in [0.717, 1.165) is 28.2 Å². The lowest BCUT2D eigenvalue weighted by atomic mass is 10.1. The minimum Gasteiger partial charge on any atom is -0.481 e. The molecule has 0 spiro atoms. The molecular formula is C18H15N5O. The molecule has 0 radical (unpaired) electrons. The Morgan fingerprint density at radius 2 is 1.92 bits per heavy atom. The maximum atomic E-state index is 5.14. The van der Waals surface area contributed by atoms with E-state index in [1.165, 1.54) is 0 Å². The molecule has 4 rings (SSSR count). The summed E-state index contributed by atoms with van der Waals surface area (Å²) in [4.78, 5) is 17.6. The van der Waals surface area contributed by atoms with Gasteiger partial charge >= 0.3 is 0 Å². The van der Waals surface area contributed by atoms with Crippen molar-refractivity contribution in [1.29, 1.82) is 0 Å². The molecule has 0 N–H and O–H groups in total. The van der Waals surface area contributed by atoms with Crippen LogP contribution in [0.5, 0.6) is 5.88 Å². The molecule has 6 nitrogen and oxygen atoms in total. The van der Waals surface area contributed by atoms with Crippen molar-refractivity contribution >= 4 is 5.78 Å². The quantitative estimate of drug-likeness (QED) is 0.580. The number of pyridine rings is 2. The summed E-state index contributed by atoms with van der Waals surface area (Å²) in [6, 6.07) is 9.68. The van der Waals surface area contributed by atoms with Gasteiger partial charge in [0, 0.05) is 47.7 Å². The zero-order valence-electron chi connectivity index (χ0n) is 13.3. The summed E-state index contributed by atoms with van der Waals surface area (Å²) in [6.07, 6.45) is 7.26. The first-order valence-electron chi connectivity index (χ1n) is 7.53. The normalized spacial score (nSPS) is 10.9. The van der Waals surface area contributed by atoms with Gasteiger partial charge in [-0.3, -0.25) is 9.38 Å². The molecule has 4 aromatic heterocycles. The van der Waals surface area contributed by atoms with E-state index in [0.29, 0.717) is 11.7 Å². The van der Waals surface area contributed by atoms with Crippen LogP contribution in [-0.4, -0.2) is 31.4 Å². The first-order valence-corrected chi connectivity index (χ1v) is 7.53. The van der Waals surface area contributed by atoms with Crippen LogP contribution in [0.25, 0.3) is 28.3 Å². The van der Waals surface area contributed by atoms with E-state index in [4.69, 9.17) is 9.72 Å². The van der Waals surface area contributed by atoms with E-state index in [1.807, 2.05) is 47.9 Å². The Morgan fingerprint density at radius 3 is 2.67 bits per heavy atom. The van der Waals surface area contributed by atoms with Gasteiger partial charge in [-0.05, 0) is 31.2 Å². The second-order valence-corrected chi connectivity index (χ2v) is 5.37. The van der Waals surface area contributed by atoms with Crippen LogP contribution < -0.4 is 4.74 Å². The minimum atomic E-state index is 0.571. The summed E-state index contributed by atoms with van der Waals surface area (Å²) in [5, 5.41) is 0. The van der Waals surface area contributed by atoms with Gasteiger partial charge in [-0.25, -0.2) is 15.0 Å². The Bertz CT molecular complexity index is 1010. The molecule has 4 heterocycles. The Kier molecular flexibility index (Phi) is 3.42. The number of nitrogens with zero attached hydrogens (tertiary/aromatic N) is 5. The third-order valence-electron chi connectivity index (χ3n) is 3.79. The van der Waals surface area contributed by atoms with Crippen molar-refractivity contribution in [2.75, 3.05) is 7.11 Å². The zero-order chi connectivity index (χ0) is 16.5. The van der Waals surface area contributed by atoms with Crippen molar-refractivity contribution < 1.29 is 4.74 Å². The molecule has 24 heavy (non-hydrogen) atoms. The fourth-order valence-electron chi connectivity index (χ4n) is 2.70. The first-order chi connectivity index (χ1) is 11.8. The molecule has 4 aromatic rings. The molecule has 0 aromatic carbocycles. The van der Waals surface area contributed by atoms with Gasteiger partial charge in [0.25, 0.3) is 0 Å². The Balaban J connectivity index is 1.99. The molecule has 0 aliphatic carbocycles. The van der Waals surface area contributed by atoms with Crippen molar-refractivity contribution in [1.82, 2.24) is 24.3 Å². The van der Waals surface area contributed by atoms with E-state index in [-0.39, 0.29) is 0 Å². The number of fused-ring (bicyclic) bond motifs is 1. The highest BCUT2D eigenvalue weighted by molar-refractivity contribution is 5.81. The second kappa shape index (κ2) is 5.73. The summed E-state index contributed by atoms with van der Waals surface area (Å²) in [5.74, 6) is 1.22. The van der Waals surface area contributed by atoms with Crippen LogP contribution in [0.1, 0.15) is 5.69 Å². The summed E-state index contributed by atoms with van der Waals surface area (Å²) in [7, 11) is 1.60. The van der Waals surface area contributed by atoms with Crippen molar-refractivity contribution in [2.45, 2.75) is 6.92 Å². The largest absolute Gasteiger partial charge is 0.481 e. The van der Waals surface area contributed by atoms with Crippen molar-refractivity contribution in [3.63, 3.8) is 0 Å². The van der Waals surface area contributed by atoms with Crippen LogP contribution in [0, 0.1) is 6.92 Å². The van der Waals surface area contributed by atoms with E-state index < -0.39 is 0 Å². The second-order valence-electron chi connectivity index (χ2n) is 5.37. The van der Waals surface area contributed by atoms with Crippen LogP contribution in [-0.2, 0) is 0 Å². The molecule has 0 unspecified atom stereocenters. The third kappa shape index (κ3) is 2.38. The molecule has 0 atom stereocenters. The molecule has 0 bridgehead atoms. The van der Waals surface area contributed by atoms with Gasteiger partial charge in [-0.2, -0.15) is 0 Å². The molecule has 118 valence electrons. The van der Waals surface area contributed by atoms with Crippen LogP contribution in [0.15, 0.2) is 55.1 Å². The predicted octanol–water partition coefficient (Wildman–Crippen LogP) is 3.17. The highest BCUT2D eigenvalue weighted by Crippen LogP contribution is 2.32. The maximum Gasteiger partial charge on any atom is 0.234 e. The van der Waals surface area contributed by atoms with Gasteiger partial charge in [-0.15, -0.1) is 0 Å². The fourth-order valence-corrected chi connectivity index (χ4v) is 2.70. The number of imidazole rings is 1. The number of ether oxygens (including phenoxy) is 1. The average molecular weight is 317 g/mol. The molecule has 0 amide bonds. The first kappa shape index (κ1) is 14.3. The Hall–Kier alpha value is -3.28. The minimum absolute atomic E-state index is 0.571. The molecule has 0 fully saturated rings. The molecule has 0 aliphatic heterocycles. The Morgan fingerprint density at radius 1 is 1.00 bits per heavy atom. The number of methoxy groups -OCH3 is 1. The number of aromatic nitrogens is 5. The number of hydrogen-bond acceptors (Lipinski definition) is 5. The van der Waals surface area contributed by atoms with Crippen LogP contribution in [0.3, 0.4) is 0 Å². The highest BCUT2D eigenvalue weighted by atomic mass is 16.5. The maximum absolute atomic E-state index is 5.14. The predicted molar refractivity (Wildman–Crippen MR) is 90.7 cm³/mol. The topological polar surface area (TPSA) is 65.2 Å². The number of aryl methyl sites for hydroxylation is 1. The number of hydrogen-bond donors (Lipinski definition) is 0. The van der Waals surface area contributed by atoms with Crippen molar-refractivity contribution in [2.24, 2.45) is 0 Å². The number of rotatable bonds is 3. The van der Waals surface area contributed by atoms with Gasteiger partial charge in [0.15, 0.2) is 0 Å². The SMILES string of the molecule is COc1ccc(-c2nc3ncccn3c2-c2ccnc(C)c2)cn1. The molecule has 6 heteroatoms. The van der Waals surface area contributed by atoms with Gasteiger partial charge < -0.3 is 4.74 Å². The zero-order valence-corrected chi connectivity index (χ0v) is 13.3. The van der Waals surface area contributed by atoms with E-state index >= 15 is 0 Å². The van der Waals surface area contributed by atoms with Crippen LogP contribution in [0.4, 0.5) is 0 Å². The average Bonchev–Trinajstić information content (AvgIpc) is 3.01. The lowest BCUT2D eigenvalue weighted by molar-refractivity contribution is 0.398. The fraction of sp³-hybridized carbons (Fsp3) is 0.111. The van der Waals surface area contributed by atoms with Gasteiger partial charge in [0.05, 0.1) is 12.8 Å². The molecule has 0 saturated carbocycles. The monoisotopic (exact) mass is 317 g/mol. The molecule has 0 aliphatic rings. The Labute approximate surface area is 138 Å². The molecule has 0 saturated heterocycles. The highest BCUT2D eigenvalue weighted by Gasteiger charge is 2.17. The smallest absolute Gasteiger partial charge is 0.234 e. The summed E-state index contributed by atoms with van der Waals surface area (Å²) < 4.78 is 7.12. The lowest BCUT2D eigenvalue weighted by Crippen LogP contribution is -1.92. The molecular weight excluding hydrogens is 302 g/mol. The van der Waals surface area contributed by atoms with Crippen molar-refractivity contribution in [3.05, 3.63) is 60.8 Å². The van der Waals surface area contributed by atoms with E-state index in [9.17, 15) is 0 Å². The van der Waals surface area contributed by atoms with Gasteiger partial charge in [0.2, 0.25) is 11.7 Å². The van der Waals surface area contributed by atoms with Gasteiger partial charge in [-0.1, -0.05) is 0 Å². The van der Waals surface area contributed by atoms with Crippen molar-refractivity contribution in [3.8, 4) is 28.4 Å².